The molecule has 2 unspecified atom stereocenters. The van der Waals surface area contributed by atoms with E-state index in [0.29, 0.717) is 12.2 Å². The Kier molecular flexibility index (Phi) is 11.4. The van der Waals surface area contributed by atoms with E-state index in [1.807, 2.05) is 52.0 Å². The second kappa shape index (κ2) is 14.7. The Hall–Kier alpha value is -4.05. The van der Waals surface area contributed by atoms with Crippen molar-refractivity contribution in [2.75, 3.05) is 25.1 Å². The number of aryl methyl sites for hydroxylation is 1. The minimum atomic E-state index is -4.25. The predicted octanol–water partition coefficient (Wildman–Crippen LogP) is 4.93. The van der Waals surface area contributed by atoms with Crippen molar-refractivity contribution in [1.29, 1.82) is 0 Å². The first-order valence-electron chi connectivity index (χ1n) is 14.0. The summed E-state index contributed by atoms with van der Waals surface area (Å²) in [6.07, 6.45) is 1.07. The number of nitrogens with zero attached hydrogens (tertiary/aromatic N) is 2. The highest BCUT2D eigenvalue weighted by atomic mass is 32.2. The molecule has 0 saturated heterocycles. The normalized spacial score (nSPS) is 12.6. The highest BCUT2D eigenvalue weighted by Gasteiger charge is 2.35. The number of carbonyl (C=O) groups is 2. The lowest BCUT2D eigenvalue weighted by atomic mass is 10.1. The van der Waals surface area contributed by atoms with Gasteiger partial charge in [0.2, 0.25) is 11.8 Å². The summed E-state index contributed by atoms with van der Waals surface area (Å²) in [7, 11) is -1.35. The van der Waals surface area contributed by atoms with E-state index in [0.717, 1.165) is 21.9 Å². The Labute approximate surface area is 249 Å². The number of amides is 2. The van der Waals surface area contributed by atoms with Crippen LogP contribution in [-0.2, 0) is 26.2 Å². The molecule has 0 spiro atoms. The van der Waals surface area contributed by atoms with Crippen molar-refractivity contribution in [2.45, 2.75) is 64.1 Å². The smallest absolute Gasteiger partial charge is 0.264 e. The van der Waals surface area contributed by atoms with Crippen LogP contribution in [0.5, 0.6) is 11.5 Å². The summed E-state index contributed by atoms with van der Waals surface area (Å²) < 4.78 is 40.1. The second-order valence-corrected chi connectivity index (χ2v) is 12.0. The third-order valence-corrected chi connectivity index (χ3v) is 8.86. The Morgan fingerprint density at radius 3 is 2.21 bits per heavy atom. The van der Waals surface area contributed by atoms with Crippen LogP contribution in [0.1, 0.15) is 44.7 Å². The summed E-state index contributed by atoms with van der Waals surface area (Å²) in [5.41, 5.74) is 1.97. The van der Waals surface area contributed by atoms with Crippen molar-refractivity contribution in [1.82, 2.24) is 10.2 Å². The van der Waals surface area contributed by atoms with E-state index < -0.39 is 28.5 Å². The molecule has 226 valence electrons. The van der Waals surface area contributed by atoms with Gasteiger partial charge in [-0.05, 0) is 56.5 Å². The number of ether oxygens (including phenoxy) is 2. The highest BCUT2D eigenvalue weighted by molar-refractivity contribution is 7.92. The van der Waals surface area contributed by atoms with Gasteiger partial charge in [0.15, 0.2) is 0 Å². The van der Waals surface area contributed by atoms with Gasteiger partial charge in [-0.2, -0.15) is 0 Å². The van der Waals surface area contributed by atoms with Gasteiger partial charge in [0.05, 0.1) is 24.8 Å². The van der Waals surface area contributed by atoms with Crippen molar-refractivity contribution >= 4 is 27.5 Å². The average Bonchev–Trinajstić information content (AvgIpc) is 2.99. The number of nitrogens with one attached hydrogen (secondary N) is 1. The number of benzene rings is 3. The lowest BCUT2D eigenvalue weighted by Crippen LogP contribution is -2.53. The van der Waals surface area contributed by atoms with Gasteiger partial charge < -0.3 is 19.7 Å². The minimum absolute atomic E-state index is 0.00876. The van der Waals surface area contributed by atoms with Crippen molar-refractivity contribution in [3.8, 4) is 11.5 Å². The lowest BCUT2D eigenvalue weighted by molar-refractivity contribution is -0.140. The van der Waals surface area contributed by atoms with Gasteiger partial charge in [-0.1, -0.05) is 61.9 Å². The summed E-state index contributed by atoms with van der Waals surface area (Å²) in [6.45, 7) is 7.21. The van der Waals surface area contributed by atoms with Gasteiger partial charge in [0.1, 0.15) is 24.1 Å². The quantitative estimate of drug-likeness (QED) is 0.283. The molecule has 3 aromatic carbocycles. The summed E-state index contributed by atoms with van der Waals surface area (Å²) in [5, 5.41) is 2.99. The van der Waals surface area contributed by atoms with Gasteiger partial charge in [-0.25, -0.2) is 8.42 Å². The monoisotopic (exact) mass is 595 g/mol. The fourth-order valence-electron chi connectivity index (χ4n) is 4.59. The Morgan fingerprint density at radius 2 is 1.62 bits per heavy atom. The van der Waals surface area contributed by atoms with Gasteiger partial charge in [-0.15, -0.1) is 0 Å². The third-order valence-electron chi connectivity index (χ3n) is 7.09. The maximum atomic E-state index is 14.3. The van der Waals surface area contributed by atoms with Crippen molar-refractivity contribution in [2.24, 2.45) is 0 Å². The van der Waals surface area contributed by atoms with Crippen LogP contribution in [0.4, 0.5) is 5.69 Å². The molecule has 0 aliphatic heterocycles. The molecule has 3 aromatic rings. The molecule has 1 N–H and O–H groups in total. The standard InChI is InChI=1S/C32H41N3O6S/c1-7-24(4)33-32(37)28(8-2)34(21-25-14-12-13-23(3)19-25)31(36)22-35(42(38,39)27-15-10-9-11-16-27)29-20-26(40-5)17-18-30(29)41-6/h9-20,24,28H,7-8,21-22H2,1-6H3,(H,33,37). The molecule has 0 radical (unpaired) electrons. The number of sulfonamides is 1. The zero-order chi connectivity index (χ0) is 30.9. The van der Waals surface area contributed by atoms with Crippen LogP contribution < -0.4 is 19.1 Å². The molecular formula is C32H41N3O6S. The molecule has 2 amide bonds. The van der Waals surface area contributed by atoms with E-state index in [9.17, 15) is 18.0 Å². The molecular weight excluding hydrogens is 554 g/mol. The van der Waals surface area contributed by atoms with Gasteiger partial charge in [0.25, 0.3) is 10.0 Å². The molecule has 2 atom stereocenters. The molecule has 3 rings (SSSR count). The van der Waals surface area contributed by atoms with Crippen LogP contribution in [-0.4, -0.2) is 58.0 Å². The summed E-state index contributed by atoms with van der Waals surface area (Å²) >= 11 is 0. The van der Waals surface area contributed by atoms with Crippen LogP contribution in [0.25, 0.3) is 0 Å². The first kappa shape index (κ1) is 32.5. The SMILES string of the molecule is CCC(C)NC(=O)C(CC)N(Cc1cccc(C)c1)C(=O)CN(c1cc(OC)ccc1OC)S(=O)(=O)c1ccccc1. The molecule has 0 fully saturated rings. The van der Waals surface area contributed by atoms with Crippen molar-refractivity contribution in [3.05, 3.63) is 83.9 Å². The van der Waals surface area contributed by atoms with Crippen LogP contribution in [0.15, 0.2) is 77.7 Å². The van der Waals surface area contributed by atoms with E-state index >= 15 is 0 Å². The highest BCUT2D eigenvalue weighted by Crippen LogP contribution is 2.36. The maximum absolute atomic E-state index is 14.3. The molecule has 10 heteroatoms. The Morgan fingerprint density at radius 1 is 0.905 bits per heavy atom. The summed E-state index contributed by atoms with van der Waals surface area (Å²) in [4.78, 5) is 29.2. The average molecular weight is 596 g/mol. The molecule has 0 aliphatic carbocycles. The zero-order valence-electron chi connectivity index (χ0n) is 25.2. The Bertz CT molecular complexity index is 1460. The number of methoxy groups -OCH3 is 2. The van der Waals surface area contributed by atoms with E-state index in [2.05, 4.69) is 5.32 Å². The topological polar surface area (TPSA) is 105 Å². The number of carbonyl (C=O) groups excluding carboxylic acids is 2. The molecule has 0 bridgehead atoms. The fraction of sp³-hybridized carbons (Fsp3) is 0.375. The van der Waals surface area contributed by atoms with Crippen LogP contribution in [0.3, 0.4) is 0 Å². The lowest BCUT2D eigenvalue weighted by Gasteiger charge is -2.34. The predicted molar refractivity (Wildman–Crippen MR) is 164 cm³/mol. The zero-order valence-corrected chi connectivity index (χ0v) is 26.0. The summed E-state index contributed by atoms with van der Waals surface area (Å²) in [5.74, 6) is -0.186. The fourth-order valence-corrected chi connectivity index (χ4v) is 6.03. The largest absolute Gasteiger partial charge is 0.497 e. The molecule has 0 aromatic heterocycles. The second-order valence-electron chi connectivity index (χ2n) is 10.1. The van der Waals surface area contributed by atoms with E-state index in [1.54, 1.807) is 30.3 Å². The van der Waals surface area contributed by atoms with Crippen molar-refractivity contribution < 1.29 is 27.5 Å². The number of anilines is 1. The first-order chi connectivity index (χ1) is 20.0. The Balaban J connectivity index is 2.14. The van der Waals surface area contributed by atoms with E-state index in [4.69, 9.17) is 9.47 Å². The van der Waals surface area contributed by atoms with Crippen LogP contribution in [0.2, 0.25) is 0 Å². The molecule has 0 heterocycles. The van der Waals surface area contributed by atoms with Gasteiger partial charge in [0, 0.05) is 18.7 Å². The van der Waals surface area contributed by atoms with E-state index in [-0.39, 0.29) is 34.8 Å². The molecule has 0 aliphatic rings. The summed E-state index contributed by atoms with van der Waals surface area (Å²) in [6, 6.07) is 19.4. The minimum Gasteiger partial charge on any atom is -0.497 e. The number of hydrogen-bond donors (Lipinski definition) is 1. The molecule has 0 saturated carbocycles. The van der Waals surface area contributed by atoms with Gasteiger partial charge >= 0.3 is 0 Å². The third kappa shape index (κ3) is 7.82. The first-order valence-corrected chi connectivity index (χ1v) is 15.4. The number of rotatable bonds is 14. The maximum Gasteiger partial charge on any atom is 0.264 e. The van der Waals surface area contributed by atoms with E-state index in [1.165, 1.54) is 37.3 Å². The molecule has 9 nitrogen and oxygen atoms in total. The van der Waals surface area contributed by atoms with Gasteiger partial charge in [-0.3, -0.25) is 13.9 Å². The molecule has 42 heavy (non-hydrogen) atoms. The van der Waals surface area contributed by atoms with Crippen LogP contribution >= 0.6 is 0 Å². The number of hydrogen-bond acceptors (Lipinski definition) is 6. The van der Waals surface area contributed by atoms with Crippen LogP contribution in [0, 0.1) is 6.92 Å². The van der Waals surface area contributed by atoms with Crippen molar-refractivity contribution in [3.63, 3.8) is 0 Å².